The summed E-state index contributed by atoms with van der Waals surface area (Å²) in [4.78, 5) is 12.0. The second-order valence-corrected chi connectivity index (χ2v) is 5.89. The molecule has 0 atom stereocenters. The third kappa shape index (κ3) is 3.32. The maximum absolute atomic E-state index is 13.1. The van der Waals surface area contributed by atoms with Crippen LogP contribution in [0.1, 0.15) is 16.8 Å². The Morgan fingerprint density at radius 2 is 1.92 bits per heavy atom. The Bertz CT molecular complexity index is 1020. The molecule has 0 aliphatic heterocycles. The largest absolute Gasteiger partial charge is 0.384 e. The van der Waals surface area contributed by atoms with Gasteiger partial charge in [-0.05, 0) is 49.7 Å². The fourth-order valence-electron chi connectivity index (χ4n) is 2.37. The topological polar surface area (TPSA) is 78.2 Å². The van der Waals surface area contributed by atoms with Gasteiger partial charge in [0.2, 0.25) is 0 Å². The van der Waals surface area contributed by atoms with Gasteiger partial charge in [-0.15, -0.1) is 0 Å². The summed E-state index contributed by atoms with van der Waals surface area (Å²) < 4.78 is 15.6. The van der Waals surface area contributed by atoms with Crippen LogP contribution >= 0.6 is 11.6 Å². The first kappa shape index (κ1) is 16.9. The van der Waals surface area contributed by atoms with E-state index in [9.17, 15) is 9.18 Å². The van der Waals surface area contributed by atoms with Crippen molar-refractivity contribution in [1.29, 1.82) is 0 Å². The molecule has 0 saturated carbocycles. The molecule has 0 aliphatic rings. The fraction of sp³-hybridized carbons (Fsp3) is 0.118. The maximum atomic E-state index is 13.1. The molecule has 0 spiro atoms. The molecule has 0 saturated heterocycles. The number of benzene rings is 1. The van der Waals surface area contributed by atoms with Crippen molar-refractivity contribution in [1.82, 2.24) is 14.5 Å². The molecule has 0 radical (unpaired) electrons. The Kier molecular flexibility index (Phi) is 4.41. The Labute approximate surface area is 148 Å². The van der Waals surface area contributed by atoms with Gasteiger partial charge in [0.1, 0.15) is 16.8 Å². The van der Waals surface area contributed by atoms with E-state index in [4.69, 9.17) is 17.3 Å². The SMILES string of the molecule is Cc1cc(N)n(/N=C\c2c(C)nn(-c3ccc(F)cc3)c2Cl)c(=O)c1. The smallest absolute Gasteiger partial charge is 0.273 e. The quantitative estimate of drug-likeness (QED) is 0.730. The number of aromatic nitrogens is 3. The van der Waals surface area contributed by atoms with E-state index >= 15 is 0 Å². The van der Waals surface area contributed by atoms with Gasteiger partial charge in [0.15, 0.2) is 0 Å². The number of nitrogen functional groups attached to an aromatic ring is 1. The van der Waals surface area contributed by atoms with Crippen molar-refractivity contribution in [2.45, 2.75) is 13.8 Å². The van der Waals surface area contributed by atoms with Gasteiger partial charge >= 0.3 is 0 Å². The van der Waals surface area contributed by atoms with Gasteiger partial charge in [-0.1, -0.05) is 11.6 Å². The van der Waals surface area contributed by atoms with Crippen molar-refractivity contribution in [2.75, 3.05) is 5.73 Å². The van der Waals surface area contributed by atoms with Crippen LogP contribution in [0.4, 0.5) is 10.2 Å². The summed E-state index contributed by atoms with van der Waals surface area (Å²) in [5, 5.41) is 8.75. The first-order chi connectivity index (χ1) is 11.9. The van der Waals surface area contributed by atoms with Crippen LogP contribution in [0.5, 0.6) is 0 Å². The van der Waals surface area contributed by atoms with Crippen molar-refractivity contribution >= 4 is 23.6 Å². The molecule has 0 aliphatic carbocycles. The zero-order valence-electron chi connectivity index (χ0n) is 13.6. The number of aryl methyl sites for hydroxylation is 2. The zero-order valence-corrected chi connectivity index (χ0v) is 14.3. The molecule has 6 nitrogen and oxygen atoms in total. The number of hydrogen-bond donors (Lipinski definition) is 1. The van der Waals surface area contributed by atoms with Crippen molar-refractivity contribution in [3.63, 3.8) is 0 Å². The third-order valence-corrected chi connectivity index (χ3v) is 3.97. The second kappa shape index (κ2) is 6.52. The molecule has 8 heteroatoms. The molecule has 2 aromatic heterocycles. The first-order valence-electron chi connectivity index (χ1n) is 7.41. The number of nitrogens with two attached hydrogens (primary N) is 1. The molecule has 2 N–H and O–H groups in total. The highest BCUT2D eigenvalue weighted by atomic mass is 35.5. The van der Waals surface area contributed by atoms with E-state index in [0.29, 0.717) is 22.1 Å². The fourth-order valence-corrected chi connectivity index (χ4v) is 2.69. The summed E-state index contributed by atoms with van der Waals surface area (Å²) in [5.41, 5.74) is 8.01. The first-order valence-corrected chi connectivity index (χ1v) is 7.79. The van der Waals surface area contributed by atoms with E-state index in [0.717, 1.165) is 10.2 Å². The van der Waals surface area contributed by atoms with Crippen molar-refractivity contribution < 1.29 is 4.39 Å². The van der Waals surface area contributed by atoms with Gasteiger partial charge in [-0.25, -0.2) is 9.07 Å². The Hall–Kier alpha value is -2.93. The molecule has 3 rings (SSSR count). The van der Waals surface area contributed by atoms with Crippen LogP contribution in [-0.4, -0.2) is 20.7 Å². The molecule has 0 amide bonds. The number of nitrogens with zero attached hydrogens (tertiary/aromatic N) is 4. The normalized spacial score (nSPS) is 11.4. The van der Waals surface area contributed by atoms with Crippen LogP contribution in [-0.2, 0) is 0 Å². The zero-order chi connectivity index (χ0) is 18.1. The summed E-state index contributed by atoms with van der Waals surface area (Å²) in [6, 6.07) is 8.86. The molecular formula is C17H15ClFN5O. The molecule has 0 unspecified atom stereocenters. The van der Waals surface area contributed by atoms with Gasteiger partial charge in [0, 0.05) is 6.07 Å². The highest BCUT2D eigenvalue weighted by Gasteiger charge is 2.13. The molecule has 0 fully saturated rings. The van der Waals surface area contributed by atoms with Crippen molar-refractivity contribution in [2.24, 2.45) is 5.10 Å². The minimum Gasteiger partial charge on any atom is -0.384 e. The van der Waals surface area contributed by atoms with Crippen LogP contribution in [0.2, 0.25) is 5.15 Å². The van der Waals surface area contributed by atoms with E-state index < -0.39 is 0 Å². The lowest BCUT2D eigenvalue weighted by atomic mass is 10.3. The maximum Gasteiger partial charge on any atom is 0.273 e. The lowest BCUT2D eigenvalue weighted by Crippen LogP contribution is -2.19. The highest BCUT2D eigenvalue weighted by Crippen LogP contribution is 2.22. The number of halogens is 2. The second-order valence-electron chi connectivity index (χ2n) is 5.53. The number of hydrogen-bond acceptors (Lipinski definition) is 4. The van der Waals surface area contributed by atoms with E-state index in [1.807, 2.05) is 0 Å². The van der Waals surface area contributed by atoms with Gasteiger partial charge in [0.05, 0.1) is 23.2 Å². The number of anilines is 1. The van der Waals surface area contributed by atoms with E-state index in [1.54, 1.807) is 32.0 Å². The molecule has 2 heterocycles. The summed E-state index contributed by atoms with van der Waals surface area (Å²) >= 11 is 6.37. The standard InChI is InChI=1S/C17H15ClFN5O/c1-10-7-15(20)24(16(25)8-10)21-9-14-11(2)22-23(17(14)18)13-5-3-12(19)4-6-13/h3-9H,20H2,1-2H3/b21-9-. The lowest BCUT2D eigenvalue weighted by Gasteiger charge is -2.04. The van der Waals surface area contributed by atoms with Crippen LogP contribution in [0.15, 0.2) is 46.3 Å². The van der Waals surface area contributed by atoms with Crippen LogP contribution in [0, 0.1) is 19.7 Å². The summed E-state index contributed by atoms with van der Waals surface area (Å²) in [7, 11) is 0. The molecule has 1 aromatic carbocycles. The van der Waals surface area contributed by atoms with E-state index in [-0.39, 0.29) is 17.2 Å². The van der Waals surface area contributed by atoms with Gasteiger partial charge < -0.3 is 5.73 Å². The average molecular weight is 360 g/mol. The van der Waals surface area contributed by atoms with Crippen molar-refractivity contribution in [3.8, 4) is 5.69 Å². The Morgan fingerprint density at radius 3 is 2.56 bits per heavy atom. The molecule has 128 valence electrons. The lowest BCUT2D eigenvalue weighted by molar-refractivity contribution is 0.627. The average Bonchev–Trinajstić information content (AvgIpc) is 2.82. The highest BCUT2D eigenvalue weighted by molar-refractivity contribution is 6.32. The van der Waals surface area contributed by atoms with E-state index in [2.05, 4.69) is 10.2 Å². The molecule has 3 aromatic rings. The minimum absolute atomic E-state index is 0.223. The van der Waals surface area contributed by atoms with E-state index in [1.165, 1.54) is 29.1 Å². The van der Waals surface area contributed by atoms with Gasteiger partial charge in [-0.2, -0.15) is 14.9 Å². The monoisotopic (exact) mass is 359 g/mol. The summed E-state index contributed by atoms with van der Waals surface area (Å²) in [6.45, 7) is 3.54. The minimum atomic E-state index is -0.347. The van der Waals surface area contributed by atoms with Gasteiger partial charge in [0.25, 0.3) is 5.56 Å². The number of pyridine rings is 1. The van der Waals surface area contributed by atoms with Crippen molar-refractivity contribution in [3.05, 3.63) is 74.5 Å². The molecular weight excluding hydrogens is 345 g/mol. The number of rotatable bonds is 3. The summed E-state index contributed by atoms with van der Waals surface area (Å²) in [5.74, 6) is -0.124. The van der Waals surface area contributed by atoms with Gasteiger partial charge in [-0.3, -0.25) is 4.79 Å². The predicted octanol–water partition coefficient (Wildman–Crippen LogP) is 2.91. The van der Waals surface area contributed by atoms with Crippen LogP contribution in [0.3, 0.4) is 0 Å². The Morgan fingerprint density at radius 1 is 1.24 bits per heavy atom. The molecule has 0 bridgehead atoms. The Balaban J connectivity index is 2.02. The van der Waals surface area contributed by atoms with Crippen LogP contribution in [0.25, 0.3) is 5.69 Å². The third-order valence-electron chi connectivity index (χ3n) is 3.60. The van der Waals surface area contributed by atoms with Crippen LogP contribution < -0.4 is 11.3 Å². The predicted molar refractivity (Wildman–Crippen MR) is 96.1 cm³/mol. The summed E-state index contributed by atoms with van der Waals surface area (Å²) in [6.07, 6.45) is 1.43. The molecule has 25 heavy (non-hydrogen) atoms.